The van der Waals surface area contributed by atoms with Gasteiger partial charge in [-0.1, -0.05) is 36.4 Å². The lowest BCUT2D eigenvalue weighted by Gasteiger charge is -2.21. The minimum Gasteiger partial charge on any atom is -0.454 e. The molecule has 0 unspecified atom stereocenters. The van der Waals surface area contributed by atoms with E-state index in [1.54, 1.807) is 6.07 Å². The fourth-order valence-electron chi connectivity index (χ4n) is 3.61. The van der Waals surface area contributed by atoms with Gasteiger partial charge in [0.1, 0.15) is 6.04 Å². The van der Waals surface area contributed by atoms with Crippen LogP contribution < -0.4 is 20.1 Å². The number of rotatable bonds is 7. The number of hydrogen-bond donors (Lipinski definition) is 2. The summed E-state index contributed by atoms with van der Waals surface area (Å²) in [4.78, 5) is 38.5. The number of urea groups is 1. The molecule has 4 amide bonds. The molecule has 2 heterocycles. The van der Waals surface area contributed by atoms with E-state index in [0.717, 1.165) is 11.1 Å². The highest BCUT2D eigenvalue weighted by Crippen LogP contribution is 2.32. The average Bonchev–Trinajstić information content (AvgIpc) is 3.34. The minimum absolute atomic E-state index is 0.134. The van der Waals surface area contributed by atoms with Crippen LogP contribution in [0, 0.1) is 0 Å². The summed E-state index contributed by atoms with van der Waals surface area (Å²) in [6.07, 6.45) is 0.379. The standard InChI is InChI=1S/C22H23N3O5/c1-14(16-5-3-2-4-6-16)25-21(27)17(24-22(25)28)8-10-20(26)23-12-15-7-9-18-19(11-15)30-13-29-18/h2-7,9,11,14,17H,8,10,12-13H2,1H3,(H,23,26)(H,24,28)/t14-,17-/m0/s1. The maximum atomic E-state index is 12.7. The van der Waals surface area contributed by atoms with Crippen molar-refractivity contribution < 1.29 is 23.9 Å². The predicted molar refractivity (Wildman–Crippen MR) is 108 cm³/mol. The molecule has 1 saturated heterocycles. The Labute approximate surface area is 174 Å². The van der Waals surface area contributed by atoms with Crippen LogP contribution in [-0.2, 0) is 16.1 Å². The van der Waals surface area contributed by atoms with Crippen molar-refractivity contribution in [1.29, 1.82) is 0 Å². The summed E-state index contributed by atoms with van der Waals surface area (Å²) in [5.74, 6) is 0.854. The van der Waals surface area contributed by atoms with Gasteiger partial charge in [-0.15, -0.1) is 0 Å². The third-order valence-corrected chi connectivity index (χ3v) is 5.31. The number of carbonyl (C=O) groups excluding carboxylic acids is 3. The number of carbonyl (C=O) groups is 3. The van der Waals surface area contributed by atoms with Gasteiger partial charge in [0.25, 0.3) is 5.91 Å². The number of benzene rings is 2. The molecule has 8 nitrogen and oxygen atoms in total. The van der Waals surface area contributed by atoms with E-state index in [2.05, 4.69) is 10.6 Å². The lowest BCUT2D eigenvalue weighted by molar-refractivity contribution is -0.129. The lowest BCUT2D eigenvalue weighted by Crippen LogP contribution is -2.34. The van der Waals surface area contributed by atoms with E-state index in [0.29, 0.717) is 18.0 Å². The first kappa shape index (κ1) is 19.8. The van der Waals surface area contributed by atoms with Crippen molar-refractivity contribution in [3.05, 3.63) is 59.7 Å². The van der Waals surface area contributed by atoms with Crippen molar-refractivity contribution in [3.8, 4) is 11.5 Å². The largest absolute Gasteiger partial charge is 0.454 e. The second kappa shape index (κ2) is 8.44. The van der Waals surface area contributed by atoms with Gasteiger partial charge < -0.3 is 20.1 Å². The molecule has 2 atom stereocenters. The summed E-state index contributed by atoms with van der Waals surface area (Å²) in [7, 11) is 0. The Morgan fingerprint density at radius 1 is 1.17 bits per heavy atom. The van der Waals surface area contributed by atoms with Crippen molar-refractivity contribution in [2.75, 3.05) is 6.79 Å². The summed E-state index contributed by atoms with van der Waals surface area (Å²) in [6, 6.07) is 13.4. The highest BCUT2D eigenvalue weighted by atomic mass is 16.7. The Hall–Kier alpha value is -3.55. The van der Waals surface area contributed by atoms with Crippen LogP contribution in [0.15, 0.2) is 48.5 Å². The Kier molecular flexibility index (Phi) is 5.56. The Morgan fingerprint density at radius 2 is 1.93 bits per heavy atom. The molecule has 1 fully saturated rings. The van der Waals surface area contributed by atoms with E-state index in [9.17, 15) is 14.4 Å². The number of ether oxygens (including phenoxy) is 2. The van der Waals surface area contributed by atoms with E-state index in [1.807, 2.05) is 49.4 Å². The predicted octanol–water partition coefficient (Wildman–Crippen LogP) is 2.49. The van der Waals surface area contributed by atoms with E-state index in [4.69, 9.17) is 9.47 Å². The molecular formula is C22H23N3O5. The van der Waals surface area contributed by atoms with Gasteiger partial charge >= 0.3 is 6.03 Å². The molecule has 4 rings (SSSR count). The molecule has 0 bridgehead atoms. The number of nitrogens with one attached hydrogen (secondary N) is 2. The first-order valence-electron chi connectivity index (χ1n) is 9.86. The first-order valence-corrected chi connectivity index (χ1v) is 9.86. The van der Waals surface area contributed by atoms with Gasteiger partial charge in [0.15, 0.2) is 11.5 Å². The Bertz CT molecular complexity index is 963. The molecule has 2 aromatic rings. The highest BCUT2D eigenvalue weighted by molar-refractivity contribution is 6.04. The number of hydrogen-bond acceptors (Lipinski definition) is 5. The molecular weight excluding hydrogens is 386 g/mol. The SMILES string of the molecule is C[C@@H](c1ccccc1)N1C(=O)N[C@@H](CCC(=O)NCc2ccc3c(c2)OCO3)C1=O. The quantitative estimate of drug-likeness (QED) is 0.685. The fraction of sp³-hybridized carbons (Fsp3) is 0.318. The normalized spacial score (nSPS) is 18.3. The van der Waals surface area contributed by atoms with Crippen LogP contribution in [0.25, 0.3) is 0 Å². The van der Waals surface area contributed by atoms with Crippen molar-refractivity contribution in [1.82, 2.24) is 15.5 Å². The van der Waals surface area contributed by atoms with Gasteiger partial charge in [-0.25, -0.2) is 4.79 Å². The van der Waals surface area contributed by atoms with Gasteiger partial charge in [0.05, 0.1) is 6.04 Å². The molecule has 8 heteroatoms. The maximum Gasteiger partial charge on any atom is 0.325 e. The van der Waals surface area contributed by atoms with Crippen LogP contribution in [-0.4, -0.2) is 35.6 Å². The molecule has 156 valence electrons. The van der Waals surface area contributed by atoms with Gasteiger partial charge in [-0.3, -0.25) is 14.5 Å². The Balaban J connectivity index is 1.28. The van der Waals surface area contributed by atoms with Crippen molar-refractivity contribution in [2.24, 2.45) is 0 Å². The minimum atomic E-state index is -0.694. The third-order valence-electron chi connectivity index (χ3n) is 5.31. The van der Waals surface area contributed by atoms with Crippen LogP contribution >= 0.6 is 0 Å². The van der Waals surface area contributed by atoms with Crippen molar-refractivity contribution in [2.45, 2.75) is 38.4 Å². The molecule has 0 aliphatic carbocycles. The van der Waals surface area contributed by atoms with E-state index < -0.39 is 12.1 Å². The molecule has 2 aliphatic heterocycles. The van der Waals surface area contributed by atoms with Crippen LogP contribution in [0.3, 0.4) is 0 Å². The monoisotopic (exact) mass is 409 g/mol. The van der Waals surface area contributed by atoms with Gasteiger partial charge in [-0.05, 0) is 36.6 Å². The topological polar surface area (TPSA) is 97.0 Å². The lowest BCUT2D eigenvalue weighted by atomic mass is 10.1. The van der Waals surface area contributed by atoms with Crippen molar-refractivity contribution >= 4 is 17.8 Å². The highest BCUT2D eigenvalue weighted by Gasteiger charge is 2.40. The number of amides is 4. The third kappa shape index (κ3) is 4.07. The summed E-state index contributed by atoms with van der Waals surface area (Å²) in [5.41, 5.74) is 1.77. The zero-order valence-electron chi connectivity index (χ0n) is 16.6. The van der Waals surface area contributed by atoms with Crippen LogP contribution in [0.5, 0.6) is 11.5 Å². The molecule has 2 aliphatic rings. The molecule has 2 aromatic carbocycles. The van der Waals surface area contributed by atoms with Crippen LogP contribution in [0.4, 0.5) is 4.79 Å². The molecule has 0 radical (unpaired) electrons. The molecule has 30 heavy (non-hydrogen) atoms. The van der Waals surface area contributed by atoms with Gasteiger partial charge in [-0.2, -0.15) is 0 Å². The average molecular weight is 409 g/mol. The van der Waals surface area contributed by atoms with Crippen LogP contribution in [0.1, 0.15) is 36.9 Å². The summed E-state index contributed by atoms with van der Waals surface area (Å²) >= 11 is 0. The summed E-state index contributed by atoms with van der Waals surface area (Å²) in [5, 5.41) is 5.52. The van der Waals surface area contributed by atoms with E-state index >= 15 is 0 Å². The maximum absolute atomic E-state index is 12.7. The zero-order chi connectivity index (χ0) is 21.1. The smallest absolute Gasteiger partial charge is 0.325 e. The second-order valence-electron chi connectivity index (χ2n) is 7.30. The fourth-order valence-corrected chi connectivity index (χ4v) is 3.61. The second-order valence-corrected chi connectivity index (χ2v) is 7.30. The van der Waals surface area contributed by atoms with E-state index in [1.165, 1.54) is 4.90 Å². The number of nitrogens with zero attached hydrogens (tertiary/aromatic N) is 1. The van der Waals surface area contributed by atoms with E-state index in [-0.39, 0.29) is 37.5 Å². The van der Waals surface area contributed by atoms with Gasteiger partial charge in [0, 0.05) is 13.0 Å². The van der Waals surface area contributed by atoms with Gasteiger partial charge in [0.2, 0.25) is 12.7 Å². The molecule has 2 N–H and O–H groups in total. The summed E-state index contributed by atoms with van der Waals surface area (Å²) in [6.45, 7) is 2.36. The molecule has 0 aromatic heterocycles. The zero-order valence-corrected chi connectivity index (χ0v) is 16.6. The molecule has 0 spiro atoms. The molecule has 0 saturated carbocycles. The number of imide groups is 1. The first-order chi connectivity index (χ1) is 14.5. The number of fused-ring (bicyclic) bond motifs is 1. The Morgan fingerprint density at radius 3 is 2.73 bits per heavy atom. The van der Waals surface area contributed by atoms with Crippen molar-refractivity contribution in [3.63, 3.8) is 0 Å². The summed E-state index contributed by atoms with van der Waals surface area (Å²) < 4.78 is 10.6. The van der Waals surface area contributed by atoms with Crippen LogP contribution in [0.2, 0.25) is 0 Å².